The van der Waals surface area contributed by atoms with Gasteiger partial charge in [0.15, 0.2) is 0 Å². The maximum Gasteiger partial charge on any atom is 0.411 e. The van der Waals surface area contributed by atoms with Crippen LogP contribution in [0.3, 0.4) is 0 Å². The third-order valence-corrected chi connectivity index (χ3v) is 4.61. The molecule has 0 aliphatic heterocycles. The van der Waals surface area contributed by atoms with Crippen molar-refractivity contribution in [3.8, 4) is 0 Å². The van der Waals surface area contributed by atoms with Crippen molar-refractivity contribution in [1.82, 2.24) is 4.90 Å². The van der Waals surface area contributed by atoms with Gasteiger partial charge >= 0.3 is 6.18 Å². The first-order valence-electron chi connectivity index (χ1n) is 7.77. The quantitative estimate of drug-likeness (QED) is 0.696. The van der Waals surface area contributed by atoms with E-state index >= 15 is 0 Å². The fourth-order valence-corrected chi connectivity index (χ4v) is 2.82. The predicted molar refractivity (Wildman–Crippen MR) is 85.9 cm³/mol. The molecular formula is C16H20F3NO4S. The van der Waals surface area contributed by atoms with Crippen molar-refractivity contribution in [3.63, 3.8) is 0 Å². The average molecular weight is 379 g/mol. The fourth-order valence-electron chi connectivity index (χ4n) is 2.29. The molecule has 0 bridgehead atoms. The maximum absolute atomic E-state index is 12.6. The number of benzene rings is 1. The van der Waals surface area contributed by atoms with Crippen LogP contribution >= 0.6 is 0 Å². The molecule has 140 valence electrons. The van der Waals surface area contributed by atoms with Gasteiger partial charge in [0.2, 0.25) is 0 Å². The highest BCUT2D eigenvalue weighted by atomic mass is 32.2. The minimum Gasteiger partial charge on any atom is -0.367 e. The van der Waals surface area contributed by atoms with Gasteiger partial charge in [0.1, 0.15) is 16.4 Å². The van der Waals surface area contributed by atoms with E-state index in [1.54, 1.807) is 4.90 Å². The van der Waals surface area contributed by atoms with Gasteiger partial charge in [0.25, 0.3) is 5.91 Å². The second-order valence-electron chi connectivity index (χ2n) is 6.16. The zero-order valence-corrected chi connectivity index (χ0v) is 14.6. The molecule has 0 heterocycles. The molecule has 5 nitrogen and oxygen atoms in total. The van der Waals surface area contributed by atoms with E-state index in [-0.39, 0.29) is 30.9 Å². The van der Waals surface area contributed by atoms with Crippen molar-refractivity contribution < 1.29 is 31.1 Å². The standard InChI is InChI=1S/C16H20F3NO4S/c1-25(22,23)9-8-20(14-6-7-14)15(21)13-4-2-12(3-5-13)10-24-11-16(17,18)19/h2-5,14H,6-11H2,1H3. The van der Waals surface area contributed by atoms with Gasteiger partial charge in [-0.15, -0.1) is 0 Å². The normalized spacial score (nSPS) is 15.2. The summed E-state index contributed by atoms with van der Waals surface area (Å²) in [5, 5.41) is 0. The summed E-state index contributed by atoms with van der Waals surface area (Å²) in [6.45, 7) is -1.39. The molecule has 0 radical (unpaired) electrons. The number of carbonyl (C=O) groups is 1. The van der Waals surface area contributed by atoms with Crippen LogP contribution in [0, 0.1) is 0 Å². The molecule has 1 aliphatic carbocycles. The molecule has 25 heavy (non-hydrogen) atoms. The van der Waals surface area contributed by atoms with Crippen LogP contribution in [0.25, 0.3) is 0 Å². The smallest absolute Gasteiger partial charge is 0.367 e. The molecule has 1 amide bonds. The largest absolute Gasteiger partial charge is 0.411 e. The lowest BCUT2D eigenvalue weighted by atomic mass is 10.1. The number of sulfone groups is 1. The van der Waals surface area contributed by atoms with Gasteiger partial charge < -0.3 is 9.64 Å². The Morgan fingerprint density at radius 1 is 1.24 bits per heavy atom. The molecule has 0 atom stereocenters. The van der Waals surface area contributed by atoms with E-state index in [1.165, 1.54) is 24.3 Å². The van der Waals surface area contributed by atoms with Crippen LogP contribution in [0.4, 0.5) is 13.2 Å². The Morgan fingerprint density at radius 3 is 2.32 bits per heavy atom. The molecule has 1 saturated carbocycles. The Hall–Kier alpha value is -1.61. The highest BCUT2D eigenvalue weighted by molar-refractivity contribution is 7.90. The second-order valence-corrected chi connectivity index (χ2v) is 8.42. The van der Waals surface area contributed by atoms with E-state index in [0.717, 1.165) is 19.1 Å². The summed E-state index contributed by atoms with van der Waals surface area (Å²) in [6.07, 6.45) is -1.56. The van der Waals surface area contributed by atoms with E-state index < -0.39 is 22.6 Å². The molecule has 1 aromatic rings. The van der Waals surface area contributed by atoms with Crippen LogP contribution in [-0.4, -0.2) is 56.6 Å². The zero-order valence-electron chi connectivity index (χ0n) is 13.8. The van der Waals surface area contributed by atoms with Crippen LogP contribution in [-0.2, 0) is 21.2 Å². The molecule has 0 N–H and O–H groups in total. The van der Waals surface area contributed by atoms with Crippen molar-refractivity contribution in [3.05, 3.63) is 35.4 Å². The summed E-state index contributed by atoms with van der Waals surface area (Å²) in [4.78, 5) is 14.1. The Kier molecular flexibility index (Phi) is 6.10. The number of rotatable bonds is 8. The summed E-state index contributed by atoms with van der Waals surface area (Å²) in [6, 6.07) is 6.16. The minimum atomic E-state index is -4.37. The van der Waals surface area contributed by atoms with Gasteiger partial charge in [-0.3, -0.25) is 4.79 Å². The van der Waals surface area contributed by atoms with E-state index in [9.17, 15) is 26.4 Å². The lowest BCUT2D eigenvalue weighted by Gasteiger charge is -2.22. The van der Waals surface area contributed by atoms with Crippen LogP contribution in [0.15, 0.2) is 24.3 Å². The lowest BCUT2D eigenvalue weighted by molar-refractivity contribution is -0.176. The Balaban J connectivity index is 1.96. The Morgan fingerprint density at radius 2 is 1.84 bits per heavy atom. The van der Waals surface area contributed by atoms with E-state index in [1.807, 2.05) is 0 Å². The van der Waals surface area contributed by atoms with E-state index in [4.69, 9.17) is 0 Å². The molecule has 0 spiro atoms. The highest BCUT2D eigenvalue weighted by Gasteiger charge is 2.33. The number of ether oxygens (including phenoxy) is 1. The second kappa shape index (κ2) is 7.74. The number of alkyl halides is 3. The number of nitrogens with zero attached hydrogens (tertiary/aromatic N) is 1. The van der Waals surface area contributed by atoms with Crippen LogP contribution in [0.1, 0.15) is 28.8 Å². The van der Waals surface area contributed by atoms with E-state index in [0.29, 0.717) is 11.1 Å². The molecule has 0 aromatic heterocycles. The molecule has 0 unspecified atom stereocenters. The third-order valence-electron chi connectivity index (χ3n) is 3.69. The number of hydrogen-bond donors (Lipinski definition) is 0. The Bertz CT molecular complexity index is 697. The van der Waals surface area contributed by atoms with Crippen LogP contribution in [0.5, 0.6) is 0 Å². The minimum absolute atomic E-state index is 0.0593. The number of amides is 1. The van der Waals surface area contributed by atoms with E-state index in [2.05, 4.69) is 4.74 Å². The van der Waals surface area contributed by atoms with Gasteiger partial charge in [0, 0.05) is 24.4 Å². The van der Waals surface area contributed by atoms with Gasteiger partial charge in [-0.25, -0.2) is 8.42 Å². The monoisotopic (exact) mass is 379 g/mol. The van der Waals surface area contributed by atoms with Crippen molar-refractivity contribution >= 4 is 15.7 Å². The number of hydrogen-bond acceptors (Lipinski definition) is 4. The first-order chi connectivity index (χ1) is 11.6. The SMILES string of the molecule is CS(=O)(=O)CCN(C(=O)c1ccc(COCC(F)(F)F)cc1)C1CC1. The third kappa shape index (κ3) is 7.03. The summed E-state index contributed by atoms with van der Waals surface area (Å²) in [5.74, 6) is -0.368. The van der Waals surface area contributed by atoms with Gasteiger partial charge in [0.05, 0.1) is 12.4 Å². The molecule has 1 aromatic carbocycles. The topological polar surface area (TPSA) is 63.7 Å². The summed E-state index contributed by atoms with van der Waals surface area (Å²) < 4.78 is 63.3. The summed E-state index contributed by atoms with van der Waals surface area (Å²) in [7, 11) is -3.17. The first kappa shape index (κ1) is 19.7. The molecule has 2 rings (SSSR count). The number of carbonyl (C=O) groups excluding carboxylic acids is 1. The first-order valence-corrected chi connectivity index (χ1v) is 9.83. The van der Waals surface area contributed by atoms with Gasteiger partial charge in [-0.2, -0.15) is 13.2 Å². The van der Waals surface area contributed by atoms with Crippen molar-refractivity contribution in [2.45, 2.75) is 31.7 Å². The maximum atomic E-state index is 12.6. The lowest BCUT2D eigenvalue weighted by Crippen LogP contribution is -2.36. The summed E-state index contributed by atoms with van der Waals surface area (Å²) >= 11 is 0. The molecule has 0 saturated heterocycles. The number of halogens is 3. The van der Waals surface area contributed by atoms with Gasteiger partial charge in [-0.1, -0.05) is 12.1 Å². The van der Waals surface area contributed by atoms with Crippen LogP contribution < -0.4 is 0 Å². The fraction of sp³-hybridized carbons (Fsp3) is 0.562. The van der Waals surface area contributed by atoms with Crippen molar-refractivity contribution in [2.24, 2.45) is 0 Å². The van der Waals surface area contributed by atoms with Crippen LogP contribution in [0.2, 0.25) is 0 Å². The Labute approximate surface area is 144 Å². The molecule has 1 aliphatic rings. The average Bonchev–Trinajstić information content (AvgIpc) is 3.30. The van der Waals surface area contributed by atoms with Gasteiger partial charge in [-0.05, 0) is 30.5 Å². The molecule has 1 fully saturated rings. The molecule has 9 heteroatoms. The van der Waals surface area contributed by atoms with Crippen molar-refractivity contribution in [2.75, 3.05) is 25.2 Å². The molecular weight excluding hydrogens is 359 g/mol. The highest BCUT2D eigenvalue weighted by Crippen LogP contribution is 2.28. The predicted octanol–water partition coefficient (Wildman–Crippen LogP) is 2.41. The summed E-state index contributed by atoms with van der Waals surface area (Å²) in [5.41, 5.74) is 0.898. The van der Waals surface area contributed by atoms with Crippen molar-refractivity contribution in [1.29, 1.82) is 0 Å². The zero-order chi connectivity index (χ0) is 18.7.